The maximum atomic E-state index is 12.6. The summed E-state index contributed by atoms with van der Waals surface area (Å²) in [5.41, 5.74) is 0.718. The van der Waals surface area contributed by atoms with Crippen LogP contribution in [-0.2, 0) is 14.8 Å². The van der Waals surface area contributed by atoms with E-state index in [1.165, 1.54) is 6.42 Å². The zero-order valence-electron chi connectivity index (χ0n) is 16.5. The number of fused-ring (bicyclic) bond motifs is 1. The predicted molar refractivity (Wildman–Crippen MR) is 108 cm³/mol. The van der Waals surface area contributed by atoms with Gasteiger partial charge in [0.1, 0.15) is 11.4 Å². The van der Waals surface area contributed by atoms with Gasteiger partial charge < -0.3 is 10.1 Å². The minimum absolute atomic E-state index is 0.111. The van der Waals surface area contributed by atoms with E-state index in [9.17, 15) is 13.2 Å². The first kappa shape index (κ1) is 19.7. The molecule has 154 valence electrons. The van der Waals surface area contributed by atoms with Crippen LogP contribution in [0.3, 0.4) is 0 Å². The molecule has 0 bridgehead atoms. The highest BCUT2D eigenvalue weighted by atomic mass is 32.2. The average molecular weight is 407 g/mol. The van der Waals surface area contributed by atoms with Gasteiger partial charge in [0.15, 0.2) is 0 Å². The van der Waals surface area contributed by atoms with E-state index < -0.39 is 10.0 Å². The minimum atomic E-state index is -3.17. The van der Waals surface area contributed by atoms with Gasteiger partial charge in [-0.15, -0.1) is 0 Å². The first-order valence-electron chi connectivity index (χ1n) is 10.5. The fourth-order valence-electron chi connectivity index (χ4n) is 4.65. The van der Waals surface area contributed by atoms with Crippen molar-refractivity contribution in [1.82, 2.24) is 9.62 Å². The molecule has 6 nitrogen and oxygen atoms in total. The van der Waals surface area contributed by atoms with E-state index in [2.05, 4.69) is 11.4 Å². The van der Waals surface area contributed by atoms with E-state index in [-0.39, 0.29) is 23.2 Å². The molecule has 1 aromatic carbocycles. The van der Waals surface area contributed by atoms with E-state index >= 15 is 0 Å². The summed E-state index contributed by atoms with van der Waals surface area (Å²) in [7, 11) is -3.17. The number of rotatable bonds is 5. The number of ether oxygens (including phenoxy) is 1. The second kappa shape index (κ2) is 7.67. The quantitative estimate of drug-likeness (QED) is 0.816. The molecule has 1 aromatic rings. The van der Waals surface area contributed by atoms with Gasteiger partial charge in [-0.25, -0.2) is 12.7 Å². The number of hydrogen-bond acceptors (Lipinski definition) is 4. The number of carbonyl (C=O) groups is 1. The predicted octanol–water partition coefficient (Wildman–Crippen LogP) is 2.80. The van der Waals surface area contributed by atoms with Gasteiger partial charge >= 0.3 is 0 Å². The van der Waals surface area contributed by atoms with Gasteiger partial charge in [0.05, 0.1) is 5.75 Å². The summed E-state index contributed by atoms with van der Waals surface area (Å²) in [6, 6.07) is 8.33. The molecule has 3 aliphatic rings. The standard InChI is InChI=1S/C21H30N2O4S/c1-2-28(25,26)23-12-10-21(11-13-23)15-16(14-20(24)22-17-6-5-7-17)18-8-3-4-9-19(18)27-21/h3-4,8-9,16-17H,2,5-7,10-15H2,1H3,(H,22,24)/t16-/m1/s1. The Morgan fingerprint density at radius 2 is 1.96 bits per heavy atom. The fourth-order valence-corrected chi connectivity index (χ4v) is 5.75. The highest BCUT2D eigenvalue weighted by Crippen LogP contribution is 2.46. The van der Waals surface area contributed by atoms with Gasteiger partial charge in [0.2, 0.25) is 15.9 Å². The molecule has 1 aliphatic carbocycles. The summed E-state index contributed by atoms with van der Waals surface area (Å²) >= 11 is 0. The number of piperidine rings is 1. The normalized spacial score (nSPS) is 24.8. The summed E-state index contributed by atoms with van der Waals surface area (Å²) in [4.78, 5) is 12.6. The number of amides is 1. The summed E-state index contributed by atoms with van der Waals surface area (Å²) in [5.74, 6) is 1.21. The van der Waals surface area contributed by atoms with E-state index in [1.54, 1.807) is 11.2 Å². The monoisotopic (exact) mass is 406 g/mol. The van der Waals surface area contributed by atoms with Crippen LogP contribution in [0.1, 0.15) is 63.4 Å². The Bertz CT molecular complexity index is 827. The van der Waals surface area contributed by atoms with Crippen molar-refractivity contribution >= 4 is 15.9 Å². The summed E-state index contributed by atoms with van der Waals surface area (Å²) in [6.45, 7) is 2.66. The van der Waals surface area contributed by atoms with Crippen LogP contribution in [0.4, 0.5) is 0 Å². The largest absolute Gasteiger partial charge is 0.487 e. The van der Waals surface area contributed by atoms with Gasteiger partial charge in [-0.2, -0.15) is 0 Å². The van der Waals surface area contributed by atoms with Crippen molar-refractivity contribution in [2.24, 2.45) is 0 Å². The SMILES string of the molecule is CCS(=O)(=O)N1CCC2(CC1)C[C@@H](CC(=O)NC1CCC1)c1ccccc1O2. The van der Waals surface area contributed by atoms with Crippen LogP contribution in [0, 0.1) is 0 Å². The first-order valence-corrected chi connectivity index (χ1v) is 12.1. The molecule has 1 saturated carbocycles. The highest BCUT2D eigenvalue weighted by Gasteiger charge is 2.45. The van der Waals surface area contributed by atoms with Crippen molar-refractivity contribution in [2.75, 3.05) is 18.8 Å². The van der Waals surface area contributed by atoms with Gasteiger partial charge in [0, 0.05) is 44.3 Å². The van der Waals surface area contributed by atoms with Crippen molar-refractivity contribution in [3.63, 3.8) is 0 Å². The molecular weight excluding hydrogens is 376 g/mol. The lowest BCUT2D eigenvalue weighted by Gasteiger charge is -2.46. The molecule has 4 rings (SSSR count). The first-order chi connectivity index (χ1) is 13.4. The second-order valence-electron chi connectivity index (χ2n) is 8.42. The second-order valence-corrected chi connectivity index (χ2v) is 10.7. The number of carbonyl (C=O) groups excluding carboxylic acids is 1. The molecule has 1 N–H and O–H groups in total. The van der Waals surface area contributed by atoms with Crippen LogP contribution in [-0.4, -0.2) is 49.1 Å². The topological polar surface area (TPSA) is 75.7 Å². The van der Waals surface area contributed by atoms with Crippen molar-refractivity contribution < 1.29 is 17.9 Å². The van der Waals surface area contributed by atoms with E-state index in [0.29, 0.717) is 38.4 Å². The maximum absolute atomic E-state index is 12.6. The lowest BCUT2D eigenvalue weighted by atomic mass is 9.76. The Balaban J connectivity index is 1.49. The van der Waals surface area contributed by atoms with Gasteiger partial charge in [-0.1, -0.05) is 18.2 Å². The smallest absolute Gasteiger partial charge is 0.220 e. The third kappa shape index (κ3) is 3.92. The third-order valence-corrected chi connectivity index (χ3v) is 8.48. The lowest BCUT2D eigenvalue weighted by molar-refractivity contribution is -0.123. The molecule has 1 amide bonds. The average Bonchev–Trinajstić information content (AvgIpc) is 2.65. The number of hydrogen-bond donors (Lipinski definition) is 1. The Labute approximate surface area is 167 Å². The third-order valence-electron chi connectivity index (χ3n) is 6.60. The molecule has 0 radical (unpaired) electrons. The van der Waals surface area contributed by atoms with Crippen LogP contribution < -0.4 is 10.1 Å². The summed E-state index contributed by atoms with van der Waals surface area (Å²) in [6.07, 6.45) is 5.94. The number of sulfonamides is 1. The highest BCUT2D eigenvalue weighted by molar-refractivity contribution is 7.89. The molecule has 1 spiro atoms. The van der Waals surface area contributed by atoms with E-state index in [1.807, 2.05) is 18.2 Å². The van der Waals surface area contributed by atoms with Crippen LogP contribution in [0.5, 0.6) is 5.75 Å². The minimum Gasteiger partial charge on any atom is -0.487 e. The molecule has 1 saturated heterocycles. The van der Waals surface area contributed by atoms with Crippen molar-refractivity contribution in [1.29, 1.82) is 0 Å². The molecule has 28 heavy (non-hydrogen) atoms. The zero-order valence-corrected chi connectivity index (χ0v) is 17.3. The van der Waals surface area contributed by atoms with E-state index in [0.717, 1.165) is 30.6 Å². The van der Waals surface area contributed by atoms with Gasteiger partial charge in [-0.3, -0.25) is 4.79 Å². The molecule has 0 unspecified atom stereocenters. The van der Waals surface area contributed by atoms with Crippen molar-refractivity contribution in [3.05, 3.63) is 29.8 Å². The van der Waals surface area contributed by atoms with Crippen LogP contribution >= 0.6 is 0 Å². The summed E-state index contributed by atoms with van der Waals surface area (Å²) in [5, 5.41) is 3.15. The summed E-state index contributed by atoms with van der Waals surface area (Å²) < 4.78 is 32.4. The Hall–Kier alpha value is -1.60. The van der Waals surface area contributed by atoms with Gasteiger partial charge in [0.25, 0.3) is 0 Å². The lowest BCUT2D eigenvalue weighted by Crippen LogP contribution is -2.52. The maximum Gasteiger partial charge on any atom is 0.220 e. The molecule has 2 fully saturated rings. The van der Waals surface area contributed by atoms with Crippen LogP contribution in [0.2, 0.25) is 0 Å². The van der Waals surface area contributed by atoms with Gasteiger partial charge in [-0.05, 0) is 44.2 Å². The fraction of sp³-hybridized carbons (Fsp3) is 0.667. The van der Waals surface area contributed by atoms with Crippen LogP contribution in [0.25, 0.3) is 0 Å². The number of nitrogens with zero attached hydrogens (tertiary/aromatic N) is 1. The Morgan fingerprint density at radius 3 is 2.61 bits per heavy atom. The number of nitrogens with one attached hydrogen (secondary N) is 1. The van der Waals surface area contributed by atoms with Crippen molar-refractivity contribution in [3.8, 4) is 5.75 Å². The molecule has 0 aromatic heterocycles. The number of benzene rings is 1. The molecular formula is C21H30N2O4S. The molecule has 7 heteroatoms. The molecule has 2 aliphatic heterocycles. The molecule has 1 atom stereocenters. The molecule has 2 heterocycles. The van der Waals surface area contributed by atoms with Crippen molar-refractivity contribution in [2.45, 2.75) is 69.4 Å². The Morgan fingerprint density at radius 1 is 1.25 bits per heavy atom. The van der Waals surface area contributed by atoms with Crippen LogP contribution in [0.15, 0.2) is 24.3 Å². The van der Waals surface area contributed by atoms with E-state index in [4.69, 9.17) is 4.74 Å². The Kier molecular flexibility index (Phi) is 5.40. The zero-order chi connectivity index (χ0) is 19.8. The number of para-hydroxylation sites is 1.